The fourth-order valence-electron chi connectivity index (χ4n) is 1.83. The number of hydrogen-bond acceptors (Lipinski definition) is 6. The van der Waals surface area contributed by atoms with Gasteiger partial charge in [-0.1, -0.05) is 0 Å². The third-order valence-electron chi connectivity index (χ3n) is 3.53. The average Bonchev–Trinajstić information content (AvgIpc) is 3.05. The zero-order chi connectivity index (χ0) is 17.7. The Morgan fingerprint density at radius 1 is 1.25 bits per heavy atom. The molecule has 0 saturated heterocycles. The molecule has 0 unspecified atom stereocenters. The second-order valence-corrected chi connectivity index (χ2v) is 6.29. The molecule has 1 aromatic heterocycles. The van der Waals surface area contributed by atoms with Crippen molar-refractivity contribution in [3.63, 3.8) is 0 Å². The normalized spacial score (nSPS) is 11.2. The van der Waals surface area contributed by atoms with E-state index in [1.54, 1.807) is 47.4 Å². The SMILES string of the molecule is CN(C(=O)OCCOc1ccc(N)cc1-n1cnnc1)C(C)(C)C. The highest BCUT2D eigenvalue weighted by atomic mass is 16.6. The van der Waals surface area contributed by atoms with Crippen LogP contribution in [-0.4, -0.2) is 51.6 Å². The molecule has 24 heavy (non-hydrogen) atoms. The first-order chi connectivity index (χ1) is 11.3. The van der Waals surface area contributed by atoms with Gasteiger partial charge in [0, 0.05) is 18.3 Å². The number of anilines is 1. The van der Waals surface area contributed by atoms with Crippen molar-refractivity contribution in [3.8, 4) is 11.4 Å². The first-order valence-electron chi connectivity index (χ1n) is 7.57. The molecule has 0 aliphatic carbocycles. The van der Waals surface area contributed by atoms with Crippen molar-refractivity contribution < 1.29 is 14.3 Å². The number of nitrogen functional groups attached to an aromatic ring is 1. The standard InChI is InChI=1S/C16H23N5O3/c1-16(2,3)20(4)15(22)24-8-7-23-14-6-5-12(17)9-13(14)21-10-18-19-11-21/h5-6,9-11H,7-8,17H2,1-4H3. The number of amides is 1. The second-order valence-electron chi connectivity index (χ2n) is 6.29. The molecular weight excluding hydrogens is 310 g/mol. The second kappa shape index (κ2) is 7.20. The van der Waals surface area contributed by atoms with E-state index in [1.807, 2.05) is 20.8 Å². The number of nitrogens with two attached hydrogens (primary N) is 1. The zero-order valence-corrected chi connectivity index (χ0v) is 14.4. The lowest BCUT2D eigenvalue weighted by Crippen LogP contribution is -2.43. The molecule has 1 amide bonds. The minimum atomic E-state index is -0.387. The predicted molar refractivity (Wildman–Crippen MR) is 90.1 cm³/mol. The van der Waals surface area contributed by atoms with Gasteiger partial charge in [-0.25, -0.2) is 4.79 Å². The van der Waals surface area contributed by atoms with Crippen molar-refractivity contribution in [2.45, 2.75) is 26.3 Å². The first-order valence-corrected chi connectivity index (χ1v) is 7.57. The maximum absolute atomic E-state index is 11.9. The van der Waals surface area contributed by atoms with Crippen molar-refractivity contribution >= 4 is 11.8 Å². The van der Waals surface area contributed by atoms with Gasteiger partial charge in [-0.2, -0.15) is 0 Å². The third-order valence-corrected chi connectivity index (χ3v) is 3.53. The lowest BCUT2D eigenvalue weighted by molar-refractivity contribution is 0.0704. The van der Waals surface area contributed by atoms with E-state index < -0.39 is 0 Å². The van der Waals surface area contributed by atoms with E-state index in [-0.39, 0.29) is 24.8 Å². The van der Waals surface area contributed by atoms with Crippen LogP contribution in [0.1, 0.15) is 20.8 Å². The molecule has 2 rings (SSSR count). The molecule has 1 aromatic carbocycles. The summed E-state index contributed by atoms with van der Waals surface area (Å²) in [5.74, 6) is 0.601. The Balaban J connectivity index is 1.93. The van der Waals surface area contributed by atoms with Crippen LogP contribution in [0, 0.1) is 0 Å². The van der Waals surface area contributed by atoms with Crippen LogP contribution in [0.25, 0.3) is 5.69 Å². The topological polar surface area (TPSA) is 95.5 Å². The number of rotatable bonds is 5. The van der Waals surface area contributed by atoms with E-state index in [4.69, 9.17) is 15.2 Å². The van der Waals surface area contributed by atoms with Crippen LogP contribution in [0.2, 0.25) is 0 Å². The summed E-state index contributed by atoms with van der Waals surface area (Å²) >= 11 is 0. The van der Waals surface area contributed by atoms with Gasteiger partial charge < -0.3 is 20.1 Å². The zero-order valence-electron chi connectivity index (χ0n) is 14.4. The Kier molecular flexibility index (Phi) is 5.28. The maximum atomic E-state index is 11.9. The van der Waals surface area contributed by atoms with Crippen LogP contribution in [-0.2, 0) is 4.74 Å². The van der Waals surface area contributed by atoms with E-state index in [0.29, 0.717) is 11.4 Å². The molecule has 2 aromatic rings. The number of nitrogens with zero attached hydrogens (tertiary/aromatic N) is 4. The van der Waals surface area contributed by atoms with Gasteiger partial charge in [0.15, 0.2) is 0 Å². The summed E-state index contributed by atoms with van der Waals surface area (Å²) in [7, 11) is 1.70. The van der Waals surface area contributed by atoms with Crippen LogP contribution in [0.4, 0.5) is 10.5 Å². The van der Waals surface area contributed by atoms with Crippen LogP contribution in [0.5, 0.6) is 5.75 Å². The fraction of sp³-hybridized carbons (Fsp3) is 0.438. The quantitative estimate of drug-likeness (QED) is 0.665. The summed E-state index contributed by atoms with van der Waals surface area (Å²) in [5, 5.41) is 7.55. The van der Waals surface area contributed by atoms with E-state index >= 15 is 0 Å². The number of aromatic nitrogens is 3. The van der Waals surface area contributed by atoms with Crippen molar-refractivity contribution in [2.75, 3.05) is 26.0 Å². The van der Waals surface area contributed by atoms with Crippen LogP contribution >= 0.6 is 0 Å². The van der Waals surface area contributed by atoms with E-state index in [9.17, 15) is 4.79 Å². The van der Waals surface area contributed by atoms with E-state index in [2.05, 4.69) is 10.2 Å². The summed E-state index contributed by atoms with van der Waals surface area (Å²) in [5.41, 5.74) is 6.84. The number of ether oxygens (including phenoxy) is 2. The molecular formula is C16H23N5O3. The molecule has 0 aliphatic rings. The highest BCUT2D eigenvalue weighted by Crippen LogP contribution is 2.25. The Hall–Kier alpha value is -2.77. The van der Waals surface area contributed by atoms with Crippen molar-refractivity contribution in [3.05, 3.63) is 30.9 Å². The van der Waals surface area contributed by atoms with Crippen LogP contribution < -0.4 is 10.5 Å². The van der Waals surface area contributed by atoms with Crippen molar-refractivity contribution in [2.24, 2.45) is 0 Å². The van der Waals surface area contributed by atoms with Crippen LogP contribution in [0.3, 0.4) is 0 Å². The molecule has 0 radical (unpaired) electrons. The Bertz CT molecular complexity index is 680. The Morgan fingerprint density at radius 2 is 1.92 bits per heavy atom. The predicted octanol–water partition coefficient (Wildman–Crippen LogP) is 2.10. The number of hydrogen-bond donors (Lipinski definition) is 1. The molecule has 8 nitrogen and oxygen atoms in total. The molecule has 0 atom stereocenters. The van der Waals surface area contributed by atoms with E-state index in [1.165, 1.54) is 0 Å². The molecule has 0 bridgehead atoms. The molecule has 0 aliphatic heterocycles. The Morgan fingerprint density at radius 3 is 2.54 bits per heavy atom. The summed E-state index contributed by atoms with van der Waals surface area (Å²) in [6, 6.07) is 5.26. The van der Waals surface area contributed by atoms with Gasteiger partial charge in [0.1, 0.15) is 31.6 Å². The van der Waals surface area contributed by atoms with E-state index in [0.717, 1.165) is 5.69 Å². The number of benzene rings is 1. The third kappa shape index (κ3) is 4.37. The monoisotopic (exact) mass is 333 g/mol. The van der Waals surface area contributed by atoms with Crippen LogP contribution in [0.15, 0.2) is 30.9 Å². The molecule has 0 fully saturated rings. The van der Waals surface area contributed by atoms with Gasteiger partial charge in [0.05, 0.1) is 5.69 Å². The molecule has 130 valence electrons. The smallest absolute Gasteiger partial charge is 0.410 e. The maximum Gasteiger partial charge on any atom is 0.410 e. The fourth-order valence-corrected chi connectivity index (χ4v) is 1.83. The summed E-state index contributed by atoms with van der Waals surface area (Å²) in [4.78, 5) is 13.5. The summed E-state index contributed by atoms with van der Waals surface area (Å²) in [6.07, 6.45) is 2.72. The minimum absolute atomic E-state index is 0.144. The van der Waals surface area contributed by atoms with Gasteiger partial charge in [0.2, 0.25) is 0 Å². The molecule has 8 heteroatoms. The molecule has 0 spiro atoms. The van der Waals surface area contributed by atoms with Gasteiger partial charge >= 0.3 is 6.09 Å². The molecule has 2 N–H and O–H groups in total. The summed E-state index contributed by atoms with van der Waals surface area (Å²) < 4.78 is 12.6. The lowest BCUT2D eigenvalue weighted by atomic mass is 10.1. The summed E-state index contributed by atoms with van der Waals surface area (Å²) in [6.45, 7) is 6.17. The highest BCUT2D eigenvalue weighted by Gasteiger charge is 2.23. The van der Waals surface area contributed by atoms with Gasteiger partial charge in [-0.15, -0.1) is 10.2 Å². The molecule has 1 heterocycles. The largest absolute Gasteiger partial charge is 0.488 e. The highest BCUT2D eigenvalue weighted by molar-refractivity contribution is 5.68. The average molecular weight is 333 g/mol. The van der Waals surface area contributed by atoms with Gasteiger partial charge in [-0.05, 0) is 39.0 Å². The van der Waals surface area contributed by atoms with Gasteiger partial charge in [0.25, 0.3) is 0 Å². The van der Waals surface area contributed by atoms with Gasteiger partial charge in [-0.3, -0.25) is 4.57 Å². The number of carbonyl (C=O) groups is 1. The minimum Gasteiger partial charge on any atom is -0.488 e. The molecule has 0 saturated carbocycles. The van der Waals surface area contributed by atoms with Crippen molar-refractivity contribution in [1.82, 2.24) is 19.7 Å². The first kappa shape index (κ1) is 17.6. The lowest BCUT2D eigenvalue weighted by Gasteiger charge is -2.30. The van der Waals surface area contributed by atoms with Crippen molar-refractivity contribution in [1.29, 1.82) is 0 Å². The number of carbonyl (C=O) groups excluding carboxylic acids is 1. The Labute approximate surface area is 141 Å².